The van der Waals surface area contributed by atoms with Gasteiger partial charge in [0, 0.05) is 31.6 Å². The third kappa shape index (κ3) is 5.58. The SMILES string of the molecule is C=C(F)C(=O)N1C[C@H](C)N(c2nc(=O)n(-c3c(S(C)(=O)=O)ccnc3C)c3nc(-c4c(F)cccc4F)c(F)cc23)CC1CC#N. The van der Waals surface area contributed by atoms with Gasteiger partial charge in [-0.3, -0.25) is 9.78 Å². The minimum absolute atomic E-state index is 0.0478. The molecule has 1 amide bonds. The third-order valence-corrected chi connectivity index (χ3v) is 8.76. The molecule has 1 saturated heterocycles. The van der Waals surface area contributed by atoms with Crippen molar-refractivity contribution in [3.8, 4) is 23.0 Å². The topological polar surface area (TPSA) is 142 Å². The number of nitriles is 1. The van der Waals surface area contributed by atoms with Gasteiger partial charge in [0.25, 0.3) is 5.91 Å². The van der Waals surface area contributed by atoms with E-state index in [1.165, 1.54) is 18.0 Å². The molecule has 4 aromatic rings. The largest absolute Gasteiger partial charge is 0.355 e. The Balaban J connectivity index is 1.86. The summed E-state index contributed by atoms with van der Waals surface area (Å²) in [5.74, 6) is -5.92. The summed E-state index contributed by atoms with van der Waals surface area (Å²) in [5, 5.41) is 9.26. The molecule has 1 unspecified atom stereocenters. The number of aryl methyl sites for hydroxylation is 1. The van der Waals surface area contributed by atoms with E-state index in [-0.39, 0.29) is 47.0 Å². The van der Waals surface area contributed by atoms with Gasteiger partial charge in [-0.05, 0) is 38.1 Å². The first-order valence-electron chi connectivity index (χ1n) is 13.7. The molecule has 4 heterocycles. The van der Waals surface area contributed by atoms with Crippen LogP contribution in [-0.2, 0) is 14.6 Å². The van der Waals surface area contributed by atoms with Crippen molar-refractivity contribution < 1.29 is 30.8 Å². The summed E-state index contributed by atoms with van der Waals surface area (Å²) in [6.45, 7) is 5.77. The predicted octanol–water partition coefficient (Wildman–Crippen LogP) is 3.77. The maximum Gasteiger partial charge on any atom is 0.355 e. The standard InChI is InChI=1S/C30H25F4N7O4S/c1-15-13-40(29(42)16(2)31)18(8-10-35)14-39(15)27-19-12-22(34)25(24-20(32)6-5-7-21(24)33)37-28(19)41(30(43)38-27)26-17(3)36-11-9-23(26)46(4,44)45/h5-7,9,11-12,15,18H,2,8,13-14H2,1,3-4H3/t15-,18?/m0/s1. The van der Waals surface area contributed by atoms with Gasteiger partial charge in [0.2, 0.25) is 0 Å². The van der Waals surface area contributed by atoms with Gasteiger partial charge in [0.15, 0.2) is 27.1 Å². The summed E-state index contributed by atoms with van der Waals surface area (Å²) < 4.78 is 85.9. The Morgan fingerprint density at radius 2 is 1.80 bits per heavy atom. The number of nitrogens with zero attached hydrogens (tertiary/aromatic N) is 7. The number of halogens is 4. The average Bonchev–Trinajstić information content (AvgIpc) is 2.97. The minimum atomic E-state index is -4.01. The molecule has 0 aliphatic carbocycles. The van der Waals surface area contributed by atoms with Crippen molar-refractivity contribution >= 4 is 32.6 Å². The number of anilines is 1. The van der Waals surface area contributed by atoms with Gasteiger partial charge in [-0.2, -0.15) is 10.2 Å². The first-order chi connectivity index (χ1) is 21.6. The fourth-order valence-corrected chi connectivity index (χ4v) is 6.45. The molecule has 1 aromatic carbocycles. The maximum atomic E-state index is 15.9. The van der Waals surface area contributed by atoms with Crippen molar-refractivity contribution in [2.24, 2.45) is 0 Å². The van der Waals surface area contributed by atoms with Crippen LogP contribution in [0.1, 0.15) is 19.0 Å². The van der Waals surface area contributed by atoms with Crippen molar-refractivity contribution in [3.63, 3.8) is 0 Å². The van der Waals surface area contributed by atoms with Gasteiger partial charge in [0.1, 0.15) is 23.1 Å². The number of hydrogen-bond donors (Lipinski definition) is 0. The van der Waals surface area contributed by atoms with E-state index in [1.54, 1.807) is 6.92 Å². The zero-order valence-electron chi connectivity index (χ0n) is 24.6. The van der Waals surface area contributed by atoms with E-state index in [4.69, 9.17) is 0 Å². The number of fused-ring (bicyclic) bond motifs is 1. The molecule has 0 N–H and O–H groups in total. The van der Waals surface area contributed by atoms with Gasteiger partial charge in [0.05, 0.1) is 45.8 Å². The molecule has 0 bridgehead atoms. The quantitative estimate of drug-likeness (QED) is 0.224. The average molecular weight is 656 g/mol. The first-order valence-corrected chi connectivity index (χ1v) is 15.6. The van der Waals surface area contributed by atoms with Gasteiger partial charge in [-0.25, -0.2) is 40.3 Å². The molecular formula is C30H25F4N7O4S. The number of rotatable bonds is 6. The normalized spacial score (nSPS) is 16.8. The number of sulfone groups is 1. The molecule has 1 fully saturated rings. The summed E-state index contributed by atoms with van der Waals surface area (Å²) >= 11 is 0. The summed E-state index contributed by atoms with van der Waals surface area (Å²) in [7, 11) is -4.01. The lowest BCUT2D eigenvalue weighted by atomic mass is 10.0. The summed E-state index contributed by atoms with van der Waals surface area (Å²) in [6.07, 6.45) is 1.87. The molecular weight excluding hydrogens is 630 g/mol. The van der Waals surface area contributed by atoms with Crippen LogP contribution in [0.5, 0.6) is 0 Å². The van der Waals surface area contributed by atoms with Crippen LogP contribution in [0.15, 0.2) is 58.6 Å². The number of pyridine rings is 2. The van der Waals surface area contributed by atoms with Crippen molar-refractivity contribution in [2.75, 3.05) is 24.2 Å². The smallest absolute Gasteiger partial charge is 0.349 e. The van der Waals surface area contributed by atoms with Crippen LogP contribution < -0.4 is 10.6 Å². The Morgan fingerprint density at radius 3 is 2.41 bits per heavy atom. The summed E-state index contributed by atoms with van der Waals surface area (Å²) in [5.41, 5.74) is -3.34. The summed E-state index contributed by atoms with van der Waals surface area (Å²) in [6, 6.07) is 5.21. The third-order valence-electron chi connectivity index (χ3n) is 7.63. The van der Waals surface area contributed by atoms with E-state index in [1.807, 2.05) is 6.07 Å². The molecule has 1 aliphatic rings. The van der Waals surface area contributed by atoms with Crippen LogP contribution in [0.4, 0.5) is 23.4 Å². The first kappa shape index (κ1) is 32.2. The van der Waals surface area contributed by atoms with Crippen molar-refractivity contribution in [1.29, 1.82) is 5.26 Å². The molecule has 11 nitrogen and oxygen atoms in total. The number of carbonyl (C=O) groups is 1. The monoisotopic (exact) mass is 655 g/mol. The highest BCUT2D eigenvalue weighted by Gasteiger charge is 2.37. The lowest BCUT2D eigenvalue weighted by Gasteiger charge is -2.45. The van der Waals surface area contributed by atoms with Gasteiger partial charge in [-0.15, -0.1) is 0 Å². The molecule has 238 valence electrons. The Kier molecular flexibility index (Phi) is 8.39. The molecule has 0 spiro atoms. The van der Waals surface area contributed by atoms with E-state index < -0.39 is 73.7 Å². The highest BCUT2D eigenvalue weighted by Crippen LogP contribution is 2.35. The number of amides is 1. The second-order valence-electron chi connectivity index (χ2n) is 10.7. The zero-order chi connectivity index (χ0) is 33.7. The van der Waals surface area contributed by atoms with E-state index in [0.29, 0.717) is 0 Å². The predicted molar refractivity (Wildman–Crippen MR) is 159 cm³/mol. The number of piperazine rings is 1. The van der Waals surface area contributed by atoms with E-state index in [9.17, 15) is 36.4 Å². The molecule has 46 heavy (non-hydrogen) atoms. The van der Waals surface area contributed by atoms with Crippen LogP contribution in [0.2, 0.25) is 0 Å². The molecule has 3 aromatic heterocycles. The van der Waals surface area contributed by atoms with Crippen LogP contribution in [0.25, 0.3) is 28.0 Å². The Bertz CT molecular complexity index is 2130. The number of carbonyl (C=O) groups excluding carboxylic acids is 1. The van der Waals surface area contributed by atoms with Crippen LogP contribution in [-0.4, -0.2) is 70.2 Å². The lowest BCUT2D eigenvalue weighted by Crippen LogP contribution is -2.59. The van der Waals surface area contributed by atoms with Gasteiger partial charge in [-0.1, -0.05) is 12.6 Å². The number of hydrogen-bond acceptors (Lipinski definition) is 9. The molecule has 16 heteroatoms. The fourth-order valence-electron chi connectivity index (χ4n) is 5.55. The van der Waals surface area contributed by atoms with Crippen molar-refractivity contribution in [1.82, 2.24) is 24.4 Å². The number of aromatic nitrogens is 4. The van der Waals surface area contributed by atoms with Gasteiger partial charge < -0.3 is 9.80 Å². The molecule has 1 aliphatic heterocycles. The minimum Gasteiger partial charge on any atom is -0.349 e. The maximum absolute atomic E-state index is 15.9. The second kappa shape index (κ2) is 12.0. The van der Waals surface area contributed by atoms with E-state index >= 15 is 4.39 Å². The summed E-state index contributed by atoms with van der Waals surface area (Å²) in [4.78, 5) is 41.2. The molecule has 2 atom stereocenters. The Labute approximate surface area is 260 Å². The highest BCUT2D eigenvalue weighted by atomic mass is 32.2. The van der Waals surface area contributed by atoms with Crippen LogP contribution >= 0.6 is 0 Å². The molecule has 0 radical (unpaired) electrons. The van der Waals surface area contributed by atoms with E-state index in [2.05, 4.69) is 21.5 Å². The highest BCUT2D eigenvalue weighted by molar-refractivity contribution is 7.90. The van der Waals surface area contributed by atoms with Crippen molar-refractivity contribution in [3.05, 3.63) is 82.6 Å². The van der Waals surface area contributed by atoms with Crippen LogP contribution in [0.3, 0.4) is 0 Å². The second-order valence-corrected chi connectivity index (χ2v) is 12.7. The lowest BCUT2D eigenvalue weighted by molar-refractivity contribution is -0.131. The van der Waals surface area contributed by atoms with Crippen LogP contribution in [0, 0.1) is 35.7 Å². The van der Waals surface area contributed by atoms with Crippen molar-refractivity contribution in [2.45, 2.75) is 37.2 Å². The zero-order valence-corrected chi connectivity index (χ0v) is 25.4. The fraction of sp³-hybridized carbons (Fsp3) is 0.267. The Hall–Kier alpha value is -5.17. The Morgan fingerprint density at radius 1 is 1.13 bits per heavy atom. The molecule has 0 saturated carbocycles. The van der Waals surface area contributed by atoms with Gasteiger partial charge >= 0.3 is 5.69 Å². The number of benzene rings is 1. The molecule has 5 rings (SSSR count). The van der Waals surface area contributed by atoms with E-state index in [0.717, 1.165) is 46.1 Å².